The van der Waals surface area contributed by atoms with Crippen molar-refractivity contribution >= 4 is 17.3 Å². The zero-order valence-electron chi connectivity index (χ0n) is 10.9. The molecule has 0 rings (SSSR count). The molecule has 2 nitrogen and oxygen atoms in total. The number of nitrogens with two attached hydrogens (primary N) is 1. The molecule has 0 aliphatic rings. The van der Waals surface area contributed by atoms with Crippen molar-refractivity contribution in [2.45, 2.75) is 58.9 Å². The highest BCUT2D eigenvalue weighted by atomic mass is 32.1. The van der Waals surface area contributed by atoms with Gasteiger partial charge in [0.15, 0.2) is 5.11 Å². The van der Waals surface area contributed by atoms with E-state index in [1.165, 1.54) is 32.1 Å². The van der Waals surface area contributed by atoms with Crippen molar-refractivity contribution in [1.82, 2.24) is 4.90 Å². The largest absolute Gasteiger partial charge is 0.376 e. The lowest BCUT2D eigenvalue weighted by molar-refractivity contribution is 0.385. The molecule has 0 aromatic carbocycles. The van der Waals surface area contributed by atoms with Crippen molar-refractivity contribution in [3.8, 4) is 0 Å². The third-order valence-corrected chi connectivity index (χ3v) is 2.83. The molecule has 0 saturated heterocycles. The van der Waals surface area contributed by atoms with Gasteiger partial charge in [-0.25, -0.2) is 0 Å². The fourth-order valence-corrected chi connectivity index (χ4v) is 1.84. The van der Waals surface area contributed by atoms with Gasteiger partial charge in [0.25, 0.3) is 0 Å². The molecule has 0 aliphatic heterocycles. The number of thiocarbonyl (C=S) groups is 1. The lowest BCUT2D eigenvalue weighted by Crippen LogP contribution is -2.40. The number of hydrogen-bond donors (Lipinski definition) is 1. The third kappa shape index (κ3) is 7.69. The first-order chi connectivity index (χ1) is 7.59. The highest BCUT2D eigenvalue weighted by Crippen LogP contribution is 2.03. The Morgan fingerprint density at radius 1 is 1.25 bits per heavy atom. The van der Waals surface area contributed by atoms with Crippen LogP contribution < -0.4 is 5.73 Å². The summed E-state index contributed by atoms with van der Waals surface area (Å²) in [4.78, 5) is 2.03. The van der Waals surface area contributed by atoms with Crippen LogP contribution in [0.1, 0.15) is 52.9 Å². The van der Waals surface area contributed by atoms with E-state index in [1.807, 2.05) is 4.90 Å². The molecule has 0 amide bonds. The summed E-state index contributed by atoms with van der Waals surface area (Å²) in [5, 5.41) is 0.491. The Hall–Kier alpha value is -0.570. The van der Waals surface area contributed by atoms with Gasteiger partial charge in [0.05, 0.1) is 0 Å². The Labute approximate surface area is 106 Å². The molecule has 0 fully saturated rings. The van der Waals surface area contributed by atoms with E-state index in [0.29, 0.717) is 11.2 Å². The Morgan fingerprint density at radius 2 is 1.94 bits per heavy atom. The van der Waals surface area contributed by atoms with Crippen molar-refractivity contribution < 1.29 is 0 Å². The second kappa shape index (κ2) is 9.64. The molecule has 3 heteroatoms. The van der Waals surface area contributed by atoms with Crippen LogP contribution in [0.15, 0.2) is 12.2 Å². The highest BCUT2D eigenvalue weighted by Gasteiger charge is 2.07. The molecule has 0 aromatic rings. The molecule has 0 aliphatic carbocycles. The minimum atomic E-state index is 0.377. The molecule has 94 valence electrons. The quantitative estimate of drug-likeness (QED) is 0.401. The second-order valence-corrected chi connectivity index (χ2v) is 4.82. The van der Waals surface area contributed by atoms with E-state index in [0.717, 1.165) is 6.54 Å². The molecule has 0 heterocycles. The van der Waals surface area contributed by atoms with Gasteiger partial charge in [0.2, 0.25) is 0 Å². The summed E-state index contributed by atoms with van der Waals surface area (Å²) >= 11 is 5.00. The average molecular weight is 242 g/mol. The molecule has 0 bridgehead atoms. The van der Waals surface area contributed by atoms with E-state index in [1.54, 1.807) is 0 Å². The molecule has 0 aromatic heterocycles. The van der Waals surface area contributed by atoms with Gasteiger partial charge in [-0.1, -0.05) is 38.3 Å². The fraction of sp³-hybridized carbons (Fsp3) is 0.769. The maximum Gasteiger partial charge on any atom is 0.166 e. The summed E-state index contributed by atoms with van der Waals surface area (Å²) < 4.78 is 0. The van der Waals surface area contributed by atoms with Gasteiger partial charge in [-0.2, -0.15) is 0 Å². The van der Waals surface area contributed by atoms with Gasteiger partial charge in [-0.3, -0.25) is 0 Å². The molecular formula is C13H26N2S. The van der Waals surface area contributed by atoms with Crippen LogP contribution in [-0.4, -0.2) is 22.6 Å². The highest BCUT2D eigenvalue weighted by molar-refractivity contribution is 7.80. The topological polar surface area (TPSA) is 29.3 Å². The van der Waals surface area contributed by atoms with Crippen LogP contribution in [-0.2, 0) is 0 Å². The monoisotopic (exact) mass is 242 g/mol. The summed E-state index contributed by atoms with van der Waals surface area (Å²) in [6.45, 7) is 7.28. The number of unbranched alkanes of at least 4 members (excludes halogenated alkanes) is 4. The van der Waals surface area contributed by atoms with Crippen molar-refractivity contribution in [2.24, 2.45) is 5.73 Å². The fourth-order valence-electron chi connectivity index (χ4n) is 1.55. The number of nitrogens with zero attached hydrogens (tertiary/aromatic N) is 1. The maximum atomic E-state index is 5.64. The zero-order chi connectivity index (χ0) is 12.4. The van der Waals surface area contributed by atoms with E-state index in [9.17, 15) is 0 Å². The summed E-state index contributed by atoms with van der Waals surface area (Å²) in [7, 11) is 0. The van der Waals surface area contributed by atoms with E-state index >= 15 is 0 Å². The van der Waals surface area contributed by atoms with Gasteiger partial charge in [-0.05, 0) is 38.9 Å². The van der Waals surface area contributed by atoms with Gasteiger partial charge < -0.3 is 10.6 Å². The van der Waals surface area contributed by atoms with Crippen molar-refractivity contribution in [2.75, 3.05) is 6.54 Å². The molecule has 0 spiro atoms. The molecule has 16 heavy (non-hydrogen) atoms. The van der Waals surface area contributed by atoms with Crippen LogP contribution in [0.5, 0.6) is 0 Å². The molecule has 0 atom stereocenters. The zero-order valence-corrected chi connectivity index (χ0v) is 11.7. The normalized spacial score (nSPS) is 11.2. The summed E-state index contributed by atoms with van der Waals surface area (Å²) in [5.74, 6) is 0. The summed E-state index contributed by atoms with van der Waals surface area (Å²) in [6, 6.07) is 0.377. The van der Waals surface area contributed by atoms with E-state index < -0.39 is 0 Å². The van der Waals surface area contributed by atoms with E-state index in [2.05, 4.69) is 32.9 Å². The summed E-state index contributed by atoms with van der Waals surface area (Å²) in [5.41, 5.74) is 5.64. The van der Waals surface area contributed by atoms with Gasteiger partial charge in [0, 0.05) is 12.6 Å². The maximum absolute atomic E-state index is 5.64. The number of rotatable bonds is 8. The Kier molecular flexibility index (Phi) is 9.30. The Balaban J connectivity index is 3.67. The van der Waals surface area contributed by atoms with Gasteiger partial charge in [-0.15, -0.1) is 0 Å². The number of allylic oxidation sites excluding steroid dienone is 1. The molecule has 0 saturated carbocycles. The Bertz CT molecular complexity index is 212. The predicted octanol–water partition coefficient (Wildman–Crippen LogP) is 3.47. The first kappa shape index (κ1) is 15.4. The minimum absolute atomic E-state index is 0.377. The number of hydrogen-bond acceptors (Lipinski definition) is 1. The smallest absolute Gasteiger partial charge is 0.166 e. The lowest BCUT2D eigenvalue weighted by atomic mass is 10.1. The van der Waals surface area contributed by atoms with Crippen molar-refractivity contribution in [1.29, 1.82) is 0 Å². The predicted molar refractivity (Wildman–Crippen MR) is 76.5 cm³/mol. The van der Waals surface area contributed by atoms with Crippen molar-refractivity contribution in [3.63, 3.8) is 0 Å². The van der Waals surface area contributed by atoms with Crippen LogP contribution in [0.4, 0.5) is 0 Å². The van der Waals surface area contributed by atoms with E-state index in [4.69, 9.17) is 18.0 Å². The first-order valence-electron chi connectivity index (χ1n) is 6.30. The second-order valence-electron chi connectivity index (χ2n) is 4.41. The third-order valence-electron chi connectivity index (χ3n) is 2.60. The van der Waals surface area contributed by atoms with Crippen molar-refractivity contribution in [3.05, 3.63) is 12.2 Å². The average Bonchev–Trinajstić information content (AvgIpc) is 2.21. The molecule has 0 radical (unpaired) electrons. The van der Waals surface area contributed by atoms with Crippen LogP contribution >= 0.6 is 12.2 Å². The lowest BCUT2D eigenvalue weighted by Gasteiger charge is -2.25. The van der Waals surface area contributed by atoms with Gasteiger partial charge >= 0.3 is 0 Å². The molecular weight excluding hydrogens is 216 g/mol. The Morgan fingerprint density at radius 3 is 2.44 bits per heavy atom. The first-order valence-corrected chi connectivity index (χ1v) is 6.71. The van der Waals surface area contributed by atoms with Crippen LogP contribution in [0.2, 0.25) is 0 Å². The molecule has 0 unspecified atom stereocenters. The SMILES string of the molecule is CCCCCCC=CCN(C(N)=S)C(C)C. The minimum Gasteiger partial charge on any atom is -0.376 e. The summed E-state index contributed by atoms with van der Waals surface area (Å²) in [6.07, 6.45) is 10.9. The van der Waals surface area contributed by atoms with Crippen LogP contribution in [0.3, 0.4) is 0 Å². The van der Waals surface area contributed by atoms with Gasteiger partial charge in [0.1, 0.15) is 0 Å². The standard InChI is InChI=1S/C13H26N2S/c1-4-5-6-7-8-9-10-11-15(12(2)3)13(14)16/h9-10,12H,4-8,11H2,1-3H3,(H2,14,16). The van der Waals surface area contributed by atoms with Crippen LogP contribution in [0, 0.1) is 0 Å². The van der Waals surface area contributed by atoms with E-state index in [-0.39, 0.29) is 0 Å². The van der Waals surface area contributed by atoms with Crippen LogP contribution in [0.25, 0.3) is 0 Å². The molecule has 2 N–H and O–H groups in total.